The first-order chi connectivity index (χ1) is 46.3. The third-order valence-electron chi connectivity index (χ3n) is 20.2. The van der Waals surface area contributed by atoms with Crippen molar-refractivity contribution >= 4 is 0 Å². The van der Waals surface area contributed by atoms with Crippen LogP contribution in [0.1, 0.15) is 217 Å². The highest BCUT2D eigenvalue weighted by Crippen LogP contribution is 2.45. The van der Waals surface area contributed by atoms with Crippen LogP contribution in [0.25, 0.3) is 10.4 Å². The number of hydrogen-bond acceptors (Lipinski definition) is 20. The minimum absolute atomic E-state index is 0.0144. The number of rotatable bonds is 44. The molecule has 6 saturated heterocycles. The van der Waals surface area contributed by atoms with Crippen LogP contribution in [0.2, 0.25) is 0 Å². The smallest absolute Gasteiger partial charge is 0.187 e. The average molecular weight is 1350 g/mol. The van der Waals surface area contributed by atoms with E-state index in [1.807, 2.05) is 30.3 Å². The third kappa shape index (κ3) is 22.6. The molecule has 0 bridgehead atoms. The molecule has 22 heteroatoms. The predicted octanol–water partition coefficient (Wildman–Crippen LogP) is 13.6. The first kappa shape index (κ1) is 80.1. The molecule has 0 saturated carbocycles. The first-order valence-corrected chi connectivity index (χ1v) is 37.5. The van der Waals surface area contributed by atoms with Crippen LogP contribution in [0.3, 0.4) is 0 Å². The Labute approximate surface area is 570 Å². The van der Waals surface area contributed by atoms with Crippen LogP contribution in [0.5, 0.6) is 0 Å². The van der Waals surface area contributed by atoms with Crippen molar-refractivity contribution in [1.82, 2.24) is 0 Å². The maximum Gasteiger partial charge on any atom is 0.187 e. The van der Waals surface area contributed by atoms with Crippen LogP contribution < -0.4 is 0 Å². The van der Waals surface area contributed by atoms with Crippen molar-refractivity contribution in [2.24, 2.45) is 28.8 Å². The number of aliphatic hydroxyl groups excluding tert-OH is 1. The molecule has 22 nitrogen and oxygen atoms in total. The Morgan fingerprint density at radius 1 is 0.432 bits per heavy atom. The summed E-state index contributed by atoms with van der Waals surface area (Å²) >= 11 is 0. The summed E-state index contributed by atoms with van der Waals surface area (Å²) in [7, 11) is 0. The molecule has 0 aromatic heterocycles. The second kappa shape index (κ2) is 43.5. The molecule has 95 heavy (non-hydrogen) atoms. The van der Waals surface area contributed by atoms with Crippen LogP contribution in [0.15, 0.2) is 35.4 Å². The van der Waals surface area contributed by atoms with Gasteiger partial charge in [-0.05, 0) is 99.8 Å². The molecule has 6 heterocycles. The van der Waals surface area contributed by atoms with Gasteiger partial charge in [0.25, 0.3) is 0 Å². The summed E-state index contributed by atoms with van der Waals surface area (Å²) < 4.78 is 127. The number of fused-ring (bicyclic) bond motifs is 1. The lowest BCUT2D eigenvalue weighted by Crippen LogP contribution is -2.69. The zero-order valence-corrected chi connectivity index (χ0v) is 60.3. The molecule has 0 spiro atoms. The van der Waals surface area contributed by atoms with Crippen molar-refractivity contribution in [2.75, 3.05) is 66.0 Å². The predicted molar refractivity (Wildman–Crippen MR) is 359 cm³/mol. The maximum atomic E-state index is 12.9. The van der Waals surface area contributed by atoms with Gasteiger partial charge in [0.15, 0.2) is 37.7 Å². The summed E-state index contributed by atoms with van der Waals surface area (Å²) in [6.07, 6.45) is -2.56. The van der Waals surface area contributed by atoms with E-state index in [2.05, 4.69) is 100 Å². The van der Waals surface area contributed by atoms with Crippen LogP contribution in [-0.2, 0) is 85.3 Å². The monoisotopic (exact) mass is 1350 g/mol. The van der Waals surface area contributed by atoms with Gasteiger partial charge < -0.3 is 90.4 Å². The van der Waals surface area contributed by atoms with Gasteiger partial charge in [0.1, 0.15) is 79.4 Å². The van der Waals surface area contributed by atoms with Crippen LogP contribution in [0, 0.1) is 23.7 Å². The van der Waals surface area contributed by atoms with Crippen molar-refractivity contribution in [3.05, 3.63) is 46.3 Å². The number of azide groups is 1. The van der Waals surface area contributed by atoms with E-state index in [-0.39, 0.29) is 49.1 Å². The molecule has 6 fully saturated rings. The van der Waals surface area contributed by atoms with E-state index in [0.29, 0.717) is 59.2 Å². The van der Waals surface area contributed by atoms with Gasteiger partial charge in [-0.2, -0.15) is 0 Å². The van der Waals surface area contributed by atoms with Crippen molar-refractivity contribution in [3.8, 4) is 0 Å². The minimum Gasteiger partial charge on any atom is -0.385 e. The van der Waals surface area contributed by atoms with Gasteiger partial charge in [-0.15, -0.1) is 0 Å². The summed E-state index contributed by atoms with van der Waals surface area (Å²) in [5.74, 6) is 0.0952. The molecular weight excluding hydrogens is 1220 g/mol. The van der Waals surface area contributed by atoms with E-state index in [0.717, 1.165) is 115 Å². The van der Waals surface area contributed by atoms with E-state index in [4.69, 9.17) is 90.8 Å². The average Bonchev–Trinajstić information content (AvgIpc) is 0.763. The molecular formula is C73H127N3O19. The molecule has 548 valence electrons. The molecule has 0 radical (unpaired) electrons. The fourth-order valence-corrected chi connectivity index (χ4v) is 13.8. The molecule has 1 aromatic carbocycles. The zero-order chi connectivity index (χ0) is 68.1. The maximum absolute atomic E-state index is 12.9. The Morgan fingerprint density at radius 2 is 0.895 bits per heavy atom. The van der Waals surface area contributed by atoms with Crippen LogP contribution >= 0.6 is 0 Å². The van der Waals surface area contributed by atoms with Gasteiger partial charge in [-0.3, -0.25) is 0 Å². The van der Waals surface area contributed by atoms with Crippen molar-refractivity contribution in [1.29, 1.82) is 0 Å². The largest absolute Gasteiger partial charge is 0.385 e. The Kier molecular flexibility index (Phi) is 36.7. The standard InChI is InChI=1S/C73H127N3O19/c1-14-23-38-78-45-55-61(80-40-25-16-3)63(81-41-26-17-4)57(77)69(89-55)95-67-64(82-42-27-18-5)60(79-39-24-15-2)54(22-9)88-73(67)94-65-62-56(46-85-68(93-62)51-35-31-29-32-36-51)90-72(66(65)83-43-28-19-6)92-59-50(13)48(11)53(21-8)87-71(59)91-58-49(12)47(10)52(20-7)86-70(58)84-44-34-30-33-37-75-76-74/h29,31-32,35-36,47-50,52-73,77H,14-28,30,33-34,37-46H2,1-13H3/t47-,48-,49-,50-,52?,53?,54?,55?,56?,57?,58?,59?,60+,61+,62+,63+,64-,65-,66?,67?,68?,69+,70-,71+,72-,73+/m0/s1. The number of hydrogen-bond donors (Lipinski definition) is 1. The number of aliphatic hydroxyl groups is 1. The third-order valence-corrected chi connectivity index (χ3v) is 20.2. The summed E-state index contributed by atoms with van der Waals surface area (Å²) in [5, 5.41) is 16.6. The molecule has 1 N–H and O–H groups in total. The van der Waals surface area contributed by atoms with E-state index >= 15 is 0 Å². The lowest BCUT2D eigenvalue weighted by Gasteiger charge is -2.54. The van der Waals surface area contributed by atoms with E-state index in [9.17, 15) is 5.11 Å². The summed E-state index contributed by atoms with van der Waals surface area (Å²) in [6.45, 7) is 31.8. The SMILES string of the molecule is CCCCOCC1O[C@H](OC2[C@@H](O[C@@H]3C(OCCCC)[C@H](OC4[C@@H](OC5[C@@H](OCCCCCN=[N+]=[N-])OC(CC)[C@@H](C)[C@@H]5C)OC(CC)[C@@H](C)[C@@H]4C)OC4COC(c5ccccc5)O[C@H]43)OC(CC)[C@@H](OCCCC)[C@@H]2OCCCC)C(O)[C@@H](OCCCC)[C@@H]1OCCCC. The Bertz CT molecular complexity index is 2230. The van der Waals surface area contributed by atoms with E-state index in [1.54, 1.807) is 0 Å². The molecule has 6 aliphatic rings. The quantitative estimate of drug-likeness (QED) is 0.0277. The highest BCUT2D eigenvalue weighted by atomic mass is 16.8. The Hall–Kier alpha value is -2.23. The van der Waals surface area contributed by atoms with E-state index in [1.165, 1.54) is 0 Å². The number of benzene rings is 1. The summed E-state index contributed by atoms with van der Waals surface area (Å²) in [5.41, 5.74) is 9.68. The van der Waals surface area contributed by atoms with Gasteiger partial charge in [-0.25, -0.2) is 0 Å². The Balaban J connectivity index is 1.32. The zero-order valence-electron chi connectivity index (χ0n) is 60.3. The second-order valence-corrected chi connectivity index (χ2v) is 27.2. The van der Waals surface area contributed by atoms with Crippen molar-refractivity contribution in [2.45, 2.75) is 341 Å². The second-order valence-electron chi connectivity index (χ2n) is 27.2. The Morgan fingerprint density at radius 3 is 1.47 bits per heavy atom. The molecule has 0 amide bonds. The van der Waals surface area contributed by atoms with E-state index < -0.39 is 123 Å². The minimum atomic E-state index is -1.32. The number of ether oxygens (including phenoxy) is 18. The molecule has 6 aliphatic heterocycles. The van der Waals surface area contributed by atoms with Gasteiger partial charge in [0, 0.05) is 63.3 Å². The summed E-state index contributed by atoms with van der Waals surface area (Å²) in [4.78, 5) is 2.92. The van der Waals surface area contributed by atoms with Gasteiger partial charge in [0.05, 0.1) is 31.5 Å². The van der Waals surface area contributed by atoms with Gasteiger partial charge in [-0.1, -0.05) is 170 Å². The summed E-state index contributed by atoms with van der Waals surface area (Å²) in [6, 6.07) is 9.87. The van der Waals surface area contributed by atoms with Crippen molar-refractivity contribution < 1.29 is 90.4 Å². The first-order valence-electron chi connectivity index (χ1n) is 37.5. The fourth-order valence-electron chi connectivity index (χ4n) is 13.8. The lowest BCUT2D eigenvalue weighted by molar-refractivity contribution is -0.422. The van der Waals surface area contributed by atoms with Crippen molar-refractivity contribution in [3.63, 3.8) is 0 Å². The highest BCUT2D eigenvalue weighted by molar-refractivity contribution is 5.17. The number of nitrogens with zero attached hydrogens (tertiary/aromatic N) is 3. The molecule has 26 atom stereocenters. The lowest BCUT2D eigenvalue weighted by atomic mass is 9.81. The molecule has 7 rings (SSSR count). The molecule has 0 aliphatic carbocycles. The van der Waals surface area contributed by atoms with Crippen LogP contribution in [0.4, 0.5) is 0 Å². The highest BCUT2D eigenvalue weighted by Gasteiger charge is 2.59. The fraction of sp³-hybridized carbons (Fsp3) is 0.918. The molecule has 1 aromatic rings. The normalized spacial score (nSPS) is 37.6. The number of unbranched alkanes of at least 4 members (excludes halogenated alkanes) is 8. The van der Waals surface area contributed by atoms with Crippen LogP contribution in [-0.4, -0.2) is 200 Å². The van der Waals surface area contributed by atoms with Gasteiger partial charge >= 0.3 is 0 Å². The van der Waals surface area contributed by atoms with Gasteiger partial charge in [0.2, 0.25) is 0 Å². The topological polar surface area (TPSA) is 235 Å². The molecule has 11 unspecified atom stereocenters.